The molecule has 2 aromatic carbocycles. The number of hydrogen-bond acceptors (Lipinski definition) is 5. The third-order valence-electron chi connectivity index (χ3n) is 7.04. The number of benzene rings is 2. The number of rotatable bonds is 7. The average molecular weight is 503 g/mol. The van der Waals surface area contributed by atoms with Crippen LogP contribution in [0.4, 0.5) is 0 Å². The second-order valence-electron chi connectivity index (χ2n) is 9.15. The average Bonchev–Trinajstić information content (AvgIpc) is 3.17. The molecule has 34 heavy (non-hydrogen) atoms. The van der Waals surface area contributed by atoms with Crippen LogP contribution < -0.4 is 4.72 Å². The first-order valence-electron chi connectivity index (χ1n) is 12.1. The second kappa shape index (κ2) is 11.2. The topological polar surface area (TPSA) is 75.7 Å². The van der Waals surface area contributed by atoms with Crippen molar-refractivity contribution in [3.05, 3.63) is 59.7 Å². The number of nitrogens with one attached hydrogen (secondary N) is 1. The van der Waals surface area contributed by atoms with Gasteiger partial charge in [-0.15, -0.1) is 11.8 Å². The molecule has 2 aromatic rings. The third kappa shape index (κ3) is 5.67. The van der Waals surface area contributed by atoms with Crippen LogP contribution in [-0.4, -0.2) is 58.3 Å². The molecule has 6 nitrogen and oxygen atoms in total. The lowest BCUT2D eigenvalue weighted by molar-refractivity contribution is 0.0517. The van der Waals surface area contributed by atoms with Crippen molar-refractivity contribution in [1.82, 2.24) is 9.62 Å². The SMILES string of the molecule is CSc1ccc(S(=O)(=O)NCC2(c3ccccc3)CCOCC2)cc1C(=O)N1CCCCCC1. The fraction of sp³-hybridized carbons (Fsp3) is 0.500. The molecule has 2 fully saturated rings. The number of carbonyl (C=O) groups is 1. The summed E-state index contributed by atoms with van der Waals surface area (Å²) in [7, 11) is -3.80. The first-order valence-corrected chi connectivity index (χ1v) is 14.8. The molecular formula is C26H34N2O4S2. The van der Waals surface area contributed by atoms with E-state index in [9.17, 15) is 13.2 Å². The van der Waals surface area contributed by atoms with Gasteiger partial charge in [-0.2, -0.15) is 0 Å². The molecule has 2 aliphatic rings. The maximum Gasteiger partial charge on any atom is 0.255 e. The lowest BCUT2D eigenvalue weighted by Crippen LogP contribution is -2.44. The largest absolute Gasteiger partial charge is 0.381 e. The van der Waals surface area contributed by atoms with Crippen molar-refractivity contribution in [1.29, 1.82) is 0 Å². The number of likely N-dealkylation sites (tertiary alicyclic amines) is 1. The van der Waals surface area contributed by atoms with Gasteiger partial charge in [-0.25, -0.2) is 13.1 Å². The quantitative estimate of drug-likeness (QED) is 0.566. The predicted molar refractivity (Wildman–Crippen MR) is 136 cm³/mol. The molecule has 0 saturated carbocycles. The lowest BCUT2D eigenvalue weighted by Gasteiger charge is -2.37. The van der Waals surface area contributed by atoms with E-state index in [1.165, 1.54) is 11.8 Å². The van der Waals surface area contributed by atoms with Crippen LogP contribution >= 0.6 is 11.8 Å². The molecular weight excluding hydrogens is 468 g/mol. The first kappa shape index (κ1) is 25.2. The van der Waals surface area contributed by atoms with Crippen LogP contribution in [-0.2, 0) is 20.2 Å². The third-order valence-corrected chi connectivity index (χ3v) is 9.24. The summed E-state index contributed by atoms with van der Waals surface area (Å²) in [5, 5.41) is 0. The Morgan fingerprint density at radius 1 is 1.03 bits per heavy atom. The normalized spacial score (nSPS) is 18.9. The Morgan fingerprint density at radius 3 is 2.35 bits per heavy atom. The highest BCUT2D eigenvalue weighted by Gasteiger charge is 2.36. The minimum atomic E-state index is -3.80. The van der Waals surface area contributed by atoms with Crippen LogP contribution in [0.25, 0.3) is 0 Å². The summed E-state index contributed by atoms with van der Waals surface area (Å²) in [6.07, 6.45) is 7.66. The van der Waals surface area contributed by atoms with Crippen LogP contribution in [0.1, 0.15) is 54.4 Å². The zero-order chi connectivity index (χ0) is 24.0. The van der Waals surface area contributed by atoms with Crippen molar-refractivity contribution in [2.75, 3.05) is 39.1 Å². The highest BCUT2D eigenvalue weighted by atomic mass is 32.2. The molecule has 0 atom stereocenters. The maximum atomic E-state index is 13.4. The summed E-state index contributed by atoms with van der Waals surface area (Å²) < 4.78 is 35.2. The fourth-order valence-corrected chi connectivity index (χ4v) is 6.63. The second-order valence-corrected chi connectivity index (χ2v) is 11.8. The lowest BCUT2D eigenvalue weighted by atomic mass is 9.74. The van der Waals surface area contributed by atoms with Crippen LogP contribution in [0, 0.1) is 0 Å². The Bertz CT molecular complexity index is 1080. The minimum absolute atomic E-state index is 0.0755. The van der Waals surface area contributed by atoms with Crippen LogP contribution in [0.2, 0.25) is 0 Å². The highest BCUT2D eigenvalue weighted by molar-refractivity contribution is 7.98. The Hall–Kier alpha value is -1.87. The van der Waals surface area contributed by atoms with Gasteiger partial charge in [-0.3, -0.25) is 4.79 Å². The predicted octanol–water partition coefficient (Wildman–Crippen LogP) is 4.45. The summed E-state index contributed by atoms with van der Waals surface area (Å²) in [4.78, 5) is 16.2. The molecule has 0 aliphatic carbocycles. The van der Waals surface area contributed by atoms with E-state index >= 15 is 0 Å². The highest BCUT2D eigenvalue weighted by Crippen LogP contribution is 2.35. The molecule has 0 bridgehead atoms. The number of sulfonamides is 1. The van der Waals surface area contributed by atoms with Crippen LogP contribution in [0.5, 0.6) is 0 Å². The van der Waals surface area contributed by atoms with Gasteiger partial charge >= 0.3 is 0 Å². The molecule has 1 amide bonds. The van der Waals surface area contributed by atoms with E-state index in [1.807, 2.05) is 29.4 Å². The zero-order valence-electron chi connectivity index (χ0n) is 19.8. The van der Waals surface area contributed by atoms with Crippen molar-refractivity contribution in [2.45, 2.75) is 53.7 Å². The number of hydrogen-bond donors (Lipinski definition) is 1. The van der Waals surface area contributed by atoms with E-state index < -0.39 is 10.0 Å². The van der Waals surface area contributed by atoms with Gasteiger partial charge in [0.15, 0.2) is 0 Å². The Kier molecular flexibility index (Phi) is 8.34. The number of nitrogens with zero attached hydrogens (tertiary/aromatic N) is 1. The number of amides is 1. The minimum Gasteiger partial charge on any atom is -0.381 e. The summed E-state index contributed by atoms with van der Waals surface area (Å²) in [5.41, 5.74) is 1.29. The summed E-state index contributed by atoms with van der Waals surface area (Å²) in [6.45, 7) is 2.95. The first-order chi connectivity index (χ1) is 16.5. The zero-order valence-corrected chi connectivity index (χ0v) is 21.4. The smallest absolute Gasteiger partial charge is 0.255 e. The van der Waals surface area contributed by atoms with E-state index in [0.717, 1.165) is 62.1 Å². The van der Waals surface area contributed by atoms with Crippen molar-refractivity contribution >= 4 is 27.7 Å². The van der Waals surface area contributed by atoms with Crippen molar-refractivity contribution in [3.63, 3.8) is 0 Å². The summed E-state index contributed by atoms with van der Waals surface area (Å²) in [6, 6.07) is 15.0. The number of thioether (sulfide) groups is 1. The van der Waals surface area contributed by atoms with Crippen molar-refractivity contribution < 1.29 is 17.9 Å². The molecule has 0 spiro atoms. The van der Waals surface area contributed by atoms with Crippen LogP contribution in [0.15, 0.2) is 58.3 Å². The molecule has 2 heterocycles. The van der Waals surface area contributed by atoms with Gasteiger partial charge in [-0.1, -0.05) is 43.2 Å². The molecule has 184 valence electrons. The molecule has 0 unspecified atom stereocenters. The van der Waals surface area contributed by atoms with E-state index in [4.69, 9.17) is 4.74 Å². The van der Waals surface area contributed by atoms with Crippen molar-refractivity contribution in [2.24, 2.45) is 0 Å². The number of carbonyl (C=O) groups excluding carboxylic acids is 1. The van der Waals surface area contributed by atoms with Gasteiger partial charge in [-0.05, 0) is 55.7 Å². The van der Waals surface area contributed by atoms with E-state index in [0.29, 0.717) is 25.3 Å². The van der Waals surface area contributed by atoms with Gasteiger partial charge in [0.25, 0.3) is 5.91 Å². The Morgan fingerprint density at radius 2 is 1.71 bits per heavy atom. The Balaban J connectivity index is 1.58. The van der Waals surface area contributed by atoms with Crippen LogP contribution in [0.3, 0.4) is 0 Å². The van der Waals surface area contributed by atoms with Gasteiger partial charge < -0.3 is 9.64 Å². The number of ether oxygens (including phenoxy) is 1. The monoisotopic (exact) mass is 502 g/mol. The standard InChI is InChI=1S/C26H34N2O4S2/c1-33-24-12-11-22(19-23(24)25(29)28-15-7-2-3-8-16-28)34(30,31)27-20-26(13-17-32-18-14-26)21-9-5-4-6-10-21/h4-6,9-12,19,27H,2-3,7-8,13-18,20H2,1H3. The van der Waals surface area contributed by atoms with Gasteiger partial charge in [0, 0.05) is 43.2 Å². The van der Waals surface area contributed by atoms with E-state index in [2.05, 4.69) is 16.9 Å². The maximum absolute atomic E-state index is 13.4. The van der Waals surface area contributed by atoms with E-state index in [-0.39, 0.29) is 16.2 Å². The molecule has 0 aromatic heterocycles. The van der Waals surface area contributed by atoms with Gasteiger partial charge in [0.1, 0.15) is 0 Å². The molecule has 8 heteroatoms. The summed E-state index contributed by atoms with van der Waals surface area (Å²) in [5.74, 6) is -0.0755. The summed E-state index contributed by atoms with van der Waals surface area (Å²) >= 11 is 1.47. The molecule has 2 aliphatic heterocycles. The molecule has 4 rings (SSSR count). The van der Waals surface area contributed by atoms with E-state index in [1.54, 1.807) is 18.2 Å². The van der Waals surface area contributed by atoms with Crippen molar-refractivity contribution in [3.8, 4) is 0 Å². The molecule has 2 saturated heterocycles. The molecule has 1 N–H and O–H groups in total. The molecule has 0 radical (unpaired) electrons. The van der Waals surface area contributed by atoms with Gasteiger partial charge in [0.2, 0.25) is 10.0 Å². The van der Waals surface area contributed by atoms with Gasteiger partial charge in [0.05, 0.1) is 10.5 Å². The fourth-order valence-electron chi connectivity index (χ4n) is 4.90. The Labute approximate surface area is 207 Å².